The van der Waals surface area contributed by atoms with E-state index in [1.54, 1.807) is 48.5 Å². The van der Waals surface area contributed by atoms with E-state index in [0.717, 1.165) is 5.56 Å². The maximum atomic E-state index is 12.0. The van der Waals surface area contributed by atoms with Crippen LogP contribution in [0.5, 0.6) is 5.75 Å². The molecule has 0 radical (unpaired) electrons. The van der Waals surface area contributed by atoms with Gasteiger partial charge in [0.15, 0.2) is 5.58 Å². The summed E-state index contributed by atoms with van der Waals surface area (Å²) in [6.07, 6.45) is 0.175. The molecule has 0 spiro atoms. The molecule has 0 aliphatic carbocycles. The largest absolute Gasteiger partial charge is 0.469 e. The van der Waals surface area contributed by atoms with E-state index in [2.05, 4.69) is 4.74 Å². The van der Waals surface area contributed by atoms with Crippen LogP contribution in [0.15, 0.2) is 57.7 Å². The highest BCUT2D eigenvalue weighted by Crippen LogP contribution is 2.15. The summed E-state index contributed by atoms with van der Waals surface area (Å²) < 4.78 is 16.4. The number of aromatic nitrogens is 1. The maximum Gasteiger partial charge on any atom is 0.419 e. The number of nitrogens with zero attached hydrogens (tertiary/aromatic N) is 1. The molecule has 1 aromatic heterocycles. The maximum absolute atomic E-state index is 12.0. The van der Waals surface area contributed by atoms with Crippen molar-refractivity contribution in [2.45, 2.75) is 19.4 Å². The summed E-state index contributed by atoms with van der Waals surface area (Å²) in [7, 11) is 1.33. The topological polar surface area (TPSA) is 87.7 Å². The number of benzene rings is 2. The zero-order valence-electron chi connectivity index (χ0n) is 14.1. The van der Waals surface area contributed by atoms with Gasteiger partial charge in [0.2, 0.25) is 0 Å². The molecule has 3 rings (SSSR count). The van der Waals surface area contributed by atoms with Crippen molar-refractivity contribution >= 4 is 23.0 Å². The smallest absolute Gasteiger partial charge is 0.419 e. The highest BCUT2D eigenvalue weighted by Gasteiger charge is 2.12. The summed E-state index contributed by atoms with van der Waals surface area (Å²) in [5.41, 5.74) is 1.87. The average Bonchev–Trinajstić information content (AvgIpc) is 2.96. The third-order valence-corrected chi connectivity index (χ3v) is 3.84. The number of methoxy groups -OCH3 is 1. The van der Waals surface area contributed by atoms with Crippen LogP contribution < -0.4 is 10.5 Å². The fourth-order valence-corrected chi connectivity index (χ4v) is 2.53. The van der Waals surface area contributed by atoms with Crippen molar-refractivity contribution in [1.82, 2.24) is 4.57 Å². The van der Waals surface area contributed by atoms with Crippen LogP contribution in [0.3, 0.4) is 0 Å². The Labute approximate surface area is 148 Å². The number of carbonyl (C=O) groups excluding carboxylic acids is 2. The summed E-state index contributed by atoms with van der Waals surface area (Å²) in [6.45, 7) is 0.162. The molecular weight excluding hydrogens is 338 g/mol. The first-order chi connectivity index (χ1) is 12.6. The van der Waals surface area contributed by atoms with Crippen LogP contribution in [-0.2, 0) is 27.3 Å². The lowest BCUT2D eigenvalue weighted by Gasteiger charge is -2.06. The SMILES string of the molecule is COC(=O)Cc1ccc(OC(=O)CCn2c(=O)oc3ccccc32)cc1. The highest BCUT2D eigenvalue weighted by molar-refractivity contribution is 5.75. The second-order valence-electron chi connectivity index (χ2n) is 5.61. The molecule has 0 saturated heterocycles. The number of hydrogen-bond acceptors (Lipinski definition) is 6. The summed E-state index contributed by atoms with van der Waals surface area (Å²) in [5.74, 6) is -0.949. The van der Waals surface area contributed by atoms with Gasteiger partial charge in [-0.3, -0.25) is 14.2 Å². The first-order valence-electron chi connectivity index (χ1n) is 8.01. The summed E-state index contributed by atoms with van der Waals surface area (Å²) >= 11 is 0. The number of fused-ring (bicyclic) bond motifs is 1. The van der Waals surface area contributed by atoms with Crippen molar-refractivity contribution in [2.24, 2.45) is 0 Å². The Morgan fingerprint density at radius 1 is 1.04 bits per heavy atom. The van der Waals surface area contributed by atoms with Crippen LogP contribution in [0.1, 0.15) is 12.0 Å². The number of ether oxygens (including phenoxy) is 2. The van der Waals surface area contributed by atoms with Gasteiger partial charge in [-0.15, -0.1) is 0 Å². The molecule has 26 heavy (non-hydrogen) atoms. The normalized spacial score (nSPS) is 10.7. The van der Waals surface area contributed by atoms with Crippen molar-refractivity contribution in [3.63, 3.8) is 0 Å². The molecule has 2 aromatic carbocycles. The molecule has 1 heterocycles. The van der Waals surface area contributed by atoms with E-state index in [-0.39, 0.29) is 25.4 Å². The van der Waals surface area contributed by atoms with Gasteiger partial charge < -0.3 is 13.9 Å². The minimum atomic E-state index is -0.508. The lowest BCUT2D eigenvalue weighted by molar-refractivity contribution is -0.140. The van der Waals surface area contributed by atoms with Crippen molar-refractivity contribution in [1.29, 1.82) is 0 Å². The first-order valence-corrected chi connectivity index (χ1v) is 8.01. The van der Waals surface area contributed by atoms with Crippen LogP contribution >= 0.6 is 0 Å². The monoisotopic (exact) mass is 355 g/mol. The van der Waals surface area contributed by atoms with Gasteiger partial charge in [0, 0.05) is 6.54 Å². The Morgan fingerprint density at radius 3 is 2.50 bits per heavy atom. The lowest BCUT2D eigenvalue weighted by atomic mass is 10.1. The third-order valence-electron chi connectivity index (χ3n) is 3.84. The van der Waals surface area contributed by atoms with Gasteiger partial charge in [-0.05, 0) is 29.8 Å². The number of rotatable bonds is 6. The first kappa shape index (κ1) is 17.5. The molecule has 0 saturated carbocycles. The Morgan fingerprint density at radius 2 is 1.77 bits per heavy atom. The van der Waals surface area contributed by atoms with E-state index in [4.69, 9.17) is 9.15 Å². The van der Waals surface area contributed by atoms with E-state index in [1.165, 1.54) is 11.7 Å². The number of aryl methyl sites for hydroxylation is 1. The van der Waals surface area contributed by atoms with Crippen LogP contribution in [-0.4, -0.2) is 23.6 Å². The van der Waals surface area contributed by atoms with Gasteiger partial charge in [0.05, 0.1) is 25.5 Å². The van der Waals surface area contributed by atoms with Gasteiger partial charge in [-0.1, -0.05) is 24.3 Å². The zero-order chi connectivity index (χ0) is 18.5. The molecule has 0 N–H and O–H groups in total. The molecule has 134 valence electrons. The molecule has 0 fully saturated rings. The van der Waals surface area contributed by atoms with E-state index < -0.39 is 11.7 Å². The zero-order valence-corrected chi connectivity index (χ0v) is 14.1. The van der Waals surface area contributed by atoms with Crippen LogP contribution in [0, 0.1) is 0 Å². The molecule has 0 bridgehead atoms. The van der Waals surface area contributed by atoms with Crippen LogP contribution in [0.25, 0.3) is 11.1 Å². The van der Waals surface area contributed by atoms with E-state index in [9.17, 15) is 14.4 Å². The lowest BCUT2D eigenvalue weighted by Crippen LogP contribution is -2.18. The average molecular weight is 355 g/mol. The van der Waals surface area contributed by atoms with E-state index >= 15 is 0 Å². The van der Waals surface area contributed by atoms with Gasteiger partial charge in [-0.2, -0.15) is 0 Å². The standard InChI is InChI=1S/C19H17NO6/c1-24-18(22)12-13-6-8-14(9-7-13)25-17(21)10-11-20-15-4-2-3-5-16(15)26-19(20)23/h2-9H,10-12H2,1H3. The summed E-state index contributed by atoms with van der Waals surface area (Å²) in [4.78, 5) is 35.1. The quantitative estimate of drug-likeness (QED) is 0.498. The number of hydrogen-bond donors (Lipinski definition) is 0. The fraction of sp³-hybridized carbons (Fsp3) is 0.211. The second-order valence-corrected chi connectivity index (χ2v) is 5.61. The molecule has 3 aromatic rings. The Kier molecular flexibility index (Phi) is 5.17. The van der Waals surface area contributed by atoms with Crippen molar-refractivity contribution in [2.75, 3.05) is 7.11 Å². The Bertz CT molecular complexity index is 983. The number of oxazole rings is 1. The number of para-hydroxylation sites is 2. The Hall–Kier alpha value is -3.35. The molecule has 7 heteroatoms. The number of esters is 2. The molecule has 0 atom stereocenters. The Balaban J connectivity index is 1.59. The van der Waals surface area contributed by atoms with Crippen molar-refractivity contribution in [3.8, 4) is 5.75 Å². The fourth-order valence-electron chi connectivity index (χ4n) is 2.53. The van der Waals surface area contributed by atoms with Gasteiger partial charge >= 0.3 is 17.7 Å². The van der Waals surface area contributed by atoms with Gasteiger partial charge in [0.1, 0.15) is 5.75 Å². The molecule has 0 aliphatic rings. The molecule has 7 nitrogen and oxygen atoms in total. The van der Waals surface area contributed by atoms with Gasteiger partial charge in [-0.25, -0.2) is 4.79 Å². The van der Waals surface area contributed by atoms with Crippen molar-refractivity contribution in [3.05, 3.63) is 64.6 Å². The third kappa shape index (κ3) is 4.00. The minimum Gasteiger partial charge on any atom is -0.469 e. The second kappa shape index (κ2) is 7.69. The predicted molar refractivity (Wildman–Crippen MR) is 92.9 cm³/mol. The minimum absolute atomic E-state index is 0.0212. The van der Waals surface area contributed by atoms with Crippen molar-refractivity contribution < 1.29 is 23.5 Å². The van der Waals surface area contributed by atoms with Crippen LogP contribution in [0.2, 0.25) is 0 Å². The highest BCUT2D eigenvalue weighted by atomic mass is 16.5. The molecule has 0 amide bonds. The van der Waals surface area contributed by atoms with Gasteiger partial charge in [0.25, 0.3) is 0 Å². The number of carbonyl (C=O) groups is 2. The van der Waals surface area contributed by atoms with E-state index in [1.807, 2.05) is 0 Å². The predicted octanol–water partition coefficient (Wildman–Crippen LogP) is 2.31. The molecule has 0 aliphatic heterocycles. The summed E-state index contributed by atoms with van der Waals surface area (Å²) in [6, 6.07) is 13.6. The molecular formula is C19H17NO6. The molecule has 0 unspecified atom stereocenters. The van der Waals surface area contributed by atoms with Crippen LogP contribution in [0.4, 0.5) is 0 Å². The summed E-state index contributed by atoms with van der Waals surface area (Å²) in [5, 5.41) is 0. The van der Waals surface area contributed by atoms with E-state index in [0.29, 0.717) is 16.8 Å².